The maximum atomic E-state index is 13.9. The predicted molar refractivity (Wildman–Crippen MR) is 72.2 cm³/mol. The van der Waals surface area contributed by atoms with Crippen molar-refractivity contribution in [2.45, 2.75) is 13.5 Å². The molecule has 0 unspecified atom stereocenters. The average molecular weight is 276 g/mol. The number of aryl methyl sites for hydroxylation is 1. The Bertz CT molecular complexity index is 659. The van der Waals surface area contributed by atoms with Gasteiger partial charge in [0, 0.05) is 17.7 Å². The van der Waals surface area contributed by atoms with Crippen molar-refractivity contribution in [2.24, 2.45) is 5.73 Å². The third-order valence-corrected chi connectivity index (χ3v) is 2.86. The van der Waals surface area contributed by atoms with E-state index in [1.807, 2.05) is 0 Å². The van der Waals surface area contributed by atoms with Gasteiger partial charge >= 0.3 is 0 Å². The lowest BCUT2D eigenvalue weighted by molar-refractivity contribution is -0.385. The molecule has 0 fully saturated rings. The number of nitro groups is 1. The minimum Gasteiger partial charge on any atom is -0.454 e. The number of hydrogen-bond donors (Lipinski definition) is 1. The van der Waals surface area contributed by atoms with E-state index in [0.717, 1.165) is 11.6 Å². The molecule has 104 valence electrons. The zero-order valence-corrected chi connectivity index (χ0v) is 10.8. The molecule has 0 aromatic heterocycles. The summed E-state index contributed by atoms with van der Waals surface area (Å²) in [5.41, 5.74) is 6.35. The summed E-state index contributed by atoms with van der Waals surface area (Å²) in [6.45, 7) is 1.78. The van der Waals surface area contributed by atoms with E-state index in [2.05, 4.69) is 0 Å². The Hall–Kier alpha value is -2.47. The van der Waals surface area contributed by atoms with Crippen LogP contribution in [0.3, 0.4) is 0 Å². The molecule has 0 atom stereocenters. The van der Waals surface area contributed by atoms with Gasteiger partial charge in [-0.05, 0) is 19.1 Å². The molecule has 0 saturated carbocycles. The van der Waals surface area contributed by atoms with Crippen molar-refractivity contribution < 1.29 is 14.1 Å². The number of rotatable bonds is 4. The van der Waals surface area contributed by atoms with E-state index in [1.54, 1.807) is 24.3 Å². The number of ether oxygens (including phenoxy) is 1. The first-order valence-corrected chi connectivity index (χ1v) is 5.93. The molecule has 2 N–H and O–H groups in total. The molecule has 0 aliphatic carbocycles. The molecule has 0 heterocycles. The highest BCUT2D eigenvalue weighted by molar-refractivity contribution is 5.47. The van der Waals surface area contributed by atoms with Crippen LogP contribution in [-0.4, -0.2) is 4.92 Å². The number of nitrogens with two attached hydrogens (primary N) is 1. The quantitative estimate of drug-likeness (QED) is 0.686. The number of para-hydroxylation sites is 1. The van der Waals surface area contributed by atoms with Gasteiger partial charge in [0.1, 0.15) is 5.75 Å². The Morgan fingerprint density at radius 2 is 2.00 bits per heavy atom. The van der Waals surface area contributed by atoms with Gasteiger partial charge in [0.2, 0.25) is 0 Å². The number of halogens is 1. The van der Waals surface area contributed by atoms with Crippen LogP contribution in [0.25, 0.3) is 0 Å². The standard InChI is InChI=1S/C14H13FN2O3/c1-9-6-14(11(15)7-12(9)17(18)19)20-13-5-3-2-4-10(13)8-16/h2-7H,8,16H2,1H3. The van der Waals surface area contributed by atoms with E-state index >= 15 is 0 Å². The zero-order chi connectivity index (χ0) is 14.7. The Morgan fingerprint density at radius 1 is 1.30 bits per heavy atom. The van der Waals surface area contributed by atoms with E-state index in [4.69, 9.17) is 10.5 Å². The van der Waals surface area contributed by atoms with Crippen molar-refractivity contribution in [2.75, 3.05) is 0 Å². The van der Waals surface area contributed by atoms with E-state index in [9.17, 15) is 14.5 Å². The number of benzene rings is 2. The van der Waals surface area contributed by atoms with Crippen molar-refractivity contribution in [1.82, 2.24) is 0 Å². The first-order valence-electron chi connectivity index (χ1n) is 5.93. The Morgan fingerprint density at radius 3 is 2.65 bits per heavy atom. The maximum absolute atomic E-state index is 13.9. The Kier molecular flexibility index (Phi) is 3.95. The Labute approximate surface area is 114 Å². The molecule has 2 rings (SSSR count). The molecule has 2 aromatic rings. The summed E-state index contributed by atoms with van der Waals surface area (Å²) in [6, 6.07) is 9.14. The lowest BCUT2D eigenvalue weighted by Crippen LogP contribution is -2.00. The van der Waals surface area contributed by atoms with Crippen LogP contribution in [0, 0.1) is 22.9 Å². The highest BCUT2D eigenvalue weighted by atomic mass is 19.1. The topological polar surface area (TPSA) is 78.4 Å². The lowest BCUT2D eigenvalue weighted by atomic mass is 10.1. The van der Waals surface area contributed by atoms with E-state index in [0.29, 0.717) is 11.3 Å². The van der Waals surface area contributed by atoms with Gasteiger partial charge in [-0.1, -0.05) is 18.2 Å². The van der Waals surface area contributed by atoms with Crippen molar-refractivity contribution in [3.8, 4) is 11.5 Å². The highest BCUT2D eigenvalue weighted by Crippen LogP contribution is 2.31. The second kappa shape index (κ2) is 5.66. The van der Waals surface area contributed by atoms with Crippen LogP contribution in [0.4, 0.5) is 10.1 Å². The van der Waals surface area contributed by atoms with Crippen LogP contribution >= 0.6 is 0 Å². The van der Waals surface area contributed by atoms with Gasteiger partial charge < -0.3 is 10.5 Å². The molecule has 0 saturated heterocycles. The normalized spacial score (nSPS) is 10.3. The summed E-state index contributed by atoms with van der Waals surface area (Å²) in [7, 11) is 0. The van der Waals surface area contributed by atoms with E-state index < -0.39 is 10.7 Å². The lowest BCUT2D eigenvalue weighted by Gasteiger charge is -2.11. The van der Waals surface area contributed by atoms with E-state index in [-0.39, 0.29) is 18.0 Å². The third-order valence-electron chi connectivity index (χ3n) is 2.86. The fourth-order valence-corrected chi connectivity index (χ4v) is 1.81. The van der Waals surface area contributed by atoms with E-state index in [1.165, 1.54) is 13.0 Å². The molecule has 5 nitrogen and oxygen atoms in total. The molecule has 0 bridgehead atoms. The van der Waals surface area contributed by atoms with Crippen LogP contribution < -0.4 is 10.5 Å². The molecule has 20 heavy (non-hydrogen) atoms. The number of nitro benzene ring substituents is 1. The number of nitrogens with zero attached hydrogens (tertiary/aromatic N) is 1. The summed E-state index contributed by atoms with van der Waals surface area (Å²) in [4.78, 5) is 10.1. The summed E-state index contributed by atoms with van der Waals surface area (Å²) in [6.07, 6.45) is 0. The van der Waals surface area contributed by atoms with Gasteiger partial charge in [0.25, 0.3) is 5.69 Å². The monoisotopic (exact) mass is 276 g/mol. The SMILES string of the molecule is Cc1cc(Oc2ccccc2CN)c(F)cc1[N+](=O)[O-]. The summed E-state index contributed by atoms with van der Waals surface area (Å²) in [5, 5.41) is 10.7. The van der Waals surface area contributed by atoms with Crippen molar-refractivity contribution in [3.05, 3.63) is 63.5 Å². The molecule has 6 heteroatoms. The van der Waals surface area contributed by atoms with Gasteiger partial charge in [0.15, 0.2) is 11.6 Å². The van der Waals surface area contributed by atoms with Crippen LogP contribution in [0.15, 0.2) is 36.4 Å². The molecule has 0 spiro atoms. The van der Waals surface area contributed by atoms with Crippen LogP contribution in [0.5, 0.6) is 11.5 Å². The molecular formula is C14H13FN2O3. The fraction of sp³-hybridized carbons (Fsp3) is 0.143. The fourth-order valence-electron chi connectivity index (χ4n) is 1.81. The van der Waals surface area contributed by atoms with Crippen molar-refractivity contribution >= 4 is 5.69 Å². The van der Waals surface area contributed by atoms with Gasteiger partial charge in [-0.25, -0.2) is 4.39 Å². The van der Waals surface area contributed by atoms with Crippen LogP contribution in [0.1, 0.15) is 11.1 Å². The molecular weight excluding hydrogens is 263 g/mol. The molecule has 0 aliphatic heterocycles. The van der Waals surface area contributed by atoms with Crippen molar-refractivity contribution in [3.63, 3.8) is 0 Å². The van der Waals surface area contributed by atoms with Gasteiger partial charge in [-0.2, -0.15) is 0 Å². The number of hydrogen-bond acceptors (Lipinski definition) is 4. The summed E-state index contributed by atoms with van der Waals surface area (Å²) >= 11 is 0. The first-order chi connectivity index (χ1) is 9.52. The first kappa shape index (κ1) is 14.0. The zero-order valence-electron chi connectivity index (χ0n) is 10.8. The summed E-state index contributed by atoms with van der Waals surface area (Å²) in [5.74, 6) is -0.412. The minimum absolute atomic E-state index is 0.0611. The highest BCUT2D eigenvalue weighted by Gasteiger charge is 2.17. The van der Waals surface area contributed by atoms with Crippen molar-refractivity contribution in [1.29, 1.82) is 0 Å². The predicted octanol–water partition coefficient (Wildman–Crippen LogP) is 3.29. The van der Waals surface area contributed by atoms with Crippen LogP contribution in [0.2, 0.25) is 0 Å². The third kappa shape index (κ3) is 2.75. The van der Waals surface area contributed by atoms with Crippen LogP contribution in [-0.2, 0) is 6.54 Å². The smallest absolute Gasteiger partial charge is 0.275 e. The Balaban J connectivity index is 2.39. The molecule has 2 aromatic carbocycles. The second-order valence-electron chi connectivity index (χ2n) is 4.24. The average Bonchev–Trinajstić information content (AvgIpc) is 2.42. The summed E-state index contributed by atoms with van der Waals surface area (Å²) < 4.78 is 19.3. The molecule has 0 aliphatic rings. The van der Waals surface area contributed by atoms with Gasteiger partial charge in [-0.3, -0.25) is 10.1 Å². The maximum Gasteiger partial charge on any atom is 0.275 e. The molecule has 0 radical (unpaired) electrons. The second-order valence-corrected chi connectivity index (χ2v) is 4.24. The minimum atomic E-state index is -0.783. The van der Waals surface area contributed by atoms with Gasteiger partial charge in [0.05, 0.1) is 11.0 Å². The largest absolute Gasteiger partial charge is 0.454 e. The molecule has 0 amide bonds. The van der Waals surface area contributed by atoms with Gasteiger partial charge in [-0.15, -0.1) is 0 Å².